The number of rotatable bonds is 10. The summed E-state index contributed by atoms with van der Waals surface area (Å²) in [5, 5.41) is 6.92. The average molecular weight is 558 g/mol. The van der Waals surface area contributed by atoms with Gasteiger partial charge in [-0.05, 0) is 31.4 Å². The van der Waals surface area contributed by atoms with Gasteiger partial charge in [-0.3, -0.25) is 4.99 Å². The summed E-state index contributed by atoms with van der Waals surface area (Å²) in [7, 11) is 5.16. The number of benzene rings is 1. The number of piperidine rings is 1. The first-order valence-electron chi connectivity index (χ1n) is 10.8. The van der Waals surface area contributed by atoms with Gasteiger partial charge in [0.15, 0.2) is 5.96 Å². The van der Waals surface area contributed by atoms with E-state index in [9.17, 15) is 0 Å². The highest BCUT2D eigenvalue weighted by Crippen LogP contribution is 2.30. The highest BCUT2D eigenvalue weighted by Gasteiger charge is 2.21. The minimum atomic E-state index is 0. The normalized spacial score (nSPS) is 14.6. The molecule has 1 saturated heterocycles. The zero-order chi connectivity index (χ0) is 21.9. The van der Waals surface area contributed by atoms with Crippen LogP contribution in [0.4, 0.5) is 5.69 Å². The van der Waals surface area contributed by atoms with Gasteiger partial charge in [0, 0.05) is 63.2 Å². The van der Waals surface area contributed by atoms with Crippen molar-refractivity contribution in [3.8, 4) is 11.5 Å². The van der Waals surface area contributed by atoms with Crippen LogP contribution in [-0.4, -0.2) is 59.5 Å². The number of furan rings is 1. The Bertz CT molecular complexity index is 786. The summed E-state index contributed by atoms with van der Waals surface area (Å²) in [5.41, 5.74) is 1.13. The zero-order valence-corrected chi connectivity index (χ0v) is 21.5. The number of hydrogen-bond acceptors (Lipinski definition) is 6. The molecule has 9 heteroatoms. The fourth-order valence-corrected chi connectivity index (χ4v) is 3.59. The van der Waals surface area contributed by atoms with Gasteiger partial charge >= 0.3 is 0 Å². The van der Waals surface area contributed by atoms with Gasteiger partial charge in [-0.25, -0.2) is 0 Å². The van der Waals surface area contributed by atoms with E-state index in [2.05, 4.69) is 32.7 Å². The third kappa shape index (κ3) is 8.09. The second-order valence-corrected chi connectivity index (χ2v) is 7.46. The van der Waals surface area contributed by atoms with Gasteiger partial charge in [-0.15, -0.1) is 24.0 Å². The van der Waals surface area contributed by atoms with E-state index in [1.807, 2.05) is 18.2 Å². The molecule has 0 amide bonds. The van der Waals surface area contributed by atoms with Crippen LogP contribution in [0.1, 0.15) is 25.0 Å². The summed E-state index contributed by atoms with van der Waals surface area (Å²) in [6.07, 6.45) is 4.63. The lowest BCUT2D eigenvalue weighted by molar-refractivity contribution is 0.105. The maximum Gasteiger partial charge on any atom is 0.191 e. The molecule has 0 atom stereocenters. The van der Waals surface area contributed by atoms with Crippen molar-refractivity contribution in [3.63, 3.8) is 0 Å². The Morgan fingerprint density at radius 1 is 1.16 bits per heavy atom. The molecule has 8 nitrogen and oxygen atoms in total. The molecule has 178 valence electrons. The van der Waals surface area contributed by atoms with Gasteiger partial charge < -0.3 is 34.2 Å². The SMILES string of the molecule is CN=C(NCCCOCc1ccco1)NC1CCN(c2cc(OC)cc(OC)c2)CC1.I. The summed E-state index contributed by atoms with van der Waals surface area (Å²) in [5.74, 6) is 3.32. The fraction of sp³-hybridized carbons (Fsp3) is 0.522. The van der Waals surface area contributed by atoms with Gasteiger partial charge in [-0.1, -0.05) is 0 Å². The van der Waals surface area contributed by atoms with Gasteiger partial charge in [0.2, 0.25) is 0 Å². The predicted octanol–water partition coefficient (Wildman–Crippen LogP) is 3.66. The molecule has 0 unspecified atom stereocenters. The zero-order valence-electron chi connectivity index (χ0n) is 19.1. The molecule has 32 heavy (non-hydrogen) atoms. The molecule has 0 radical (unpaired) electrons. The molecule has 2 aromatic rings. The number of halogens is 1. The minimum Gasteiger partial charge on any atom is -0.497 e. The largest absolute Gasteiger partial charge is 0.497 e. The van der Waals surface area contributed by atoms with Crippen molar-refractivity contribution in [1.29, 1.82) is 0 Å². The van der Waals surface area contributed by atoms with Crippen LogP contribution < -0.4 is 25.0 Å². The molecule has 1 aliphatic rings. The Labute approximate surface area is 207 Å². The molecular formula is C23H35IN4O4. The Morgan fingerprint density at radius 2 is 1.88 bits per heavy atom. The maximum absolute atomic E-state index is 5.61. The first kappa shape index (κ1) is 26.1. The number of methoxy groups -OCH3 is 2. The molecule has 2 heterocycles. The van der Waals surface area contributed by atoms with Crippen molar-refractivity contribution < 1.29 is 18.6 Å². The standard InChI is InChI=1S/C23H34N4O4.HI/c1-24-23(25-9-5-12-30-17-20-6-4-13-31-20)26-18-7-10-27(11-8-18)19-14-21(28-2)16-22(15-19)29-3;/h4,6,13-16,18H,5,7-12,17H2,1-3H3,(H2,24,25,26);1H. The van der Waals surface area contributed by atoms with Crippen molar-refractivity contribution in [2.24, 2.45) is 4.99 Å². The number of ether oxygens (including phenoxy) is 3. The van der Waals surface area contributed by atoms with E-state index in [0.29, 0.717) is 19.3 Å². The van der Waals surface area contributed by atoms with Crippen LogP contribution in [0, 0.1) is 0 Å². The van der Waals surface area contributed by atoms with E-state index in [4.69, 9.17) is 18.6 Å². The first-order chi connectivity index (χ1) is 15.2. The third-order valence-electron chi connectivity index (χ3n) is 5.34. The number of aliphatic imine (C=N–C) groups is 1. The molecule has 1 aliphatic heterocycles. The number of hydrogen-bond donors (Lipinski definition) is 2. The van der Waals surface area contributed by atoms with Crippen LogP contribution in [0.5, 0.6) is 11.5 Å². The quantitative estimate of drug-likeness (QED) is 0.200. The van der Waals surface area contributed by atoms with Crippen molar-refractivity contribution in [2.75, 3.05) is 52.4 Å². The molecule has 1 fully saturated rings. The second-order valence-electron chi connectivity index (χ2n) is 7.46. The molecule has 1 aromatic carbocycles. The maximum atomic E-state index is 5.61. The molecule has 0 spiro atoms. The summed E-state index contributed by atoms with van der Waals surface area (Å²) in [4.78, 5) is 6.73. The summed E-state index contributed by atoms with van der Waals surface area (Å²) in [6.45, 7) is 3.92. The van der Waals surface area contributed by atoms with Crippen LogP contribution in [0.3, 0.4) is 0 Å². The smallest absolute Gasteiger partial charge is 0.191 e. The number of anilines is 1. The van der Waals surface area contributed by atoms with Crippen LogP contribution in [-0.2, 0) is 11.3 Å². The molecular weight excluding hydrogens is 523 g/mol. The number of nitrogens with zero attached hydrogens (tertiary/aromatic N) is 2. The molecule has 1 aromatic heterocycles. The Hall–Kier alpha value is -2.14. The van der Waals surface area contributed by atoms with Gasteiger partial charge in [-0.2, -0.15) is 0 Å². The van der Waals surface area contributed by atoms with Crippen molar-refractivity contribution >= 4 is 35.6 Å². The van der Waals surface area contributed by atoms with Crippen LogP contribution in [0.15, 0.2) is 46.0 Å². The molecule has 3 rings (SSSR count). The number of guanidine groups is 1. The summed E-state index contributed by atoms with van der Waals surface area (Å²) >= 11 is 0. The molecule has 0 bridgehead atoms. The average Bonchev–Trinajstić information content (AvgIpc) is 3.34. The lowest BCUT2D eigenvalue weighted by Crippen LogP contribution is -2.49. The molecule has 0 saturated carbocycles. The third-order valence-corrected chi connectivity index (χ3v) is 5.34. The van der Waals surface area contributed by atoms with Gasteiger partial charge in [0.25, 0.3) is 0 Å². The van der Waals surface area contributed by atoms with Crippen molar-refractivity contribution in [2.45, 2.75) is 31.9 Å². The molecule has 2 N–H and O–H groups in total. The summed E-state index contributed by atoms with van der Waals surface area (Å²) < 4.78 is 21.7. The lowest BCUT2D eigenvalue weighted by Gasteiger charge is -2.34. The van der Waals surface area contributed by atoms with E-state index < -0.39 is 0 Å². The lowest BCUT2D eigenvalue weighted by atomic mass is 10.0. The second kappa shape index (κ2) is 14.1. The highest BCUT2D eigenvalue weighted by molar-refractivity contribution is 14.0. The molecule has 0 aliphatic carbocycles. The highest BCUT2D eigenvalue weighted by atomic mass is 127. The Kier molecular flexibility index (Phi) is 11.5. The topological polar surface area (TPSA) is 80.5 Å². The summed E-state index contributed by atoms with van der Waals surface area (Å²) in [6, 6.07) is 10.2. The fourth-order valence-electron chi connectivity index (χ4n) is 3.59. The predicted molar refractivity (Wildman–Crippen MR) is 138 cm³/mol. The van der Waals surface area contributed by atoms with Crippen molar-refractivity contribution in [3.05, 3.63) is 42.4 Å². The van der Waals surface area contributed by atoms with E-state index in [0.717, 1.165) is 67.8 Å². The Balaban J connectivity index is 0.00000363. The number of nitrogens with one attached hydrogen (secondary N) is 2. The van der Waals surface area contributed by atoms with E-state index in [-0.39, 0.29) is 24.0 Å². The van der Waals surface area contributed by atoms with Gasteiger partial charge in [0.05, 0.1) is 20.5 Å². The van der Waals surface area contributed by atoms with Gasteiger partial charge in [0.1, 0.15) is 23.9 Å². The Morgan fingerprint density at radius 3 is 2.47 bits per heavy atom. The minimum absolute atomic E-state index is 0. The van der Waals surface area contributed by atoms with E-state index in [1.54, 1.807) is 27.5 Å². The van der Waals surface area contributed by atoms with Crippen LogP contribution in [0.2, 0.25) is 0 Å². The van der Waals surface area contributed by atoms with Crippen molar-refractivity contribution in [1.82, 2.24) is 10.6 Å². The van der Waals surface area contributed by atoms with Crippen LogP contribution in [0.25, 0.3) is 0 Å². The van der Waals surface area contributed by atoms with E-state index >= 15 is 0 Å². The first-order valence-corrected chi connectivity index (χ1v) is 10.8. The van der Waals surface area contributed by atoms with E-state index in [1.165, 1.54) is 0 Å². The van der Waals surface area contributed by atoms with Crippen LogP contribution >= 0.6 is 24.0 Å². The monoisotopic (exact) mass is 558 g/mol.